The van der Waals surface area contributed by atoms with Crippen LogP contribution in [0.15, 0.2) is 48.5 Å². The molecule has 0 unspecified atom stereocenters. The first-order valence-corrected chi connectivity index (χ1v) is 9.53. The van der Waals surface area contributed by atoms with Gasteiger partial charge in [0.25, 0.3) is 5.91 Å². The van der Waals surface area contributed by atoms with Crippen molar-refractivity contribution in [3.05, 3.63) is 64.7 Å². The number of nitrogens with one attached hydrogen (secondary N) is 2. The van der Waals surface area contributed by atoms with Crippen LogP contribution in [0.5, 0.6) is 0 Å². The van der Waals surface area contributed by atoms with Crippen LogP contribution in [0.1, 0.15) is 28.8 Å². The van der Waals surface area contributed by atoms with E-state index in [4.69, 9.17) is 11.6 Å². The van der Waals surface area contributed by atoms with Gasteiger partial charge in [-0.15, -0.1) is 0 Å². The molecule has 0 atom stereocenters. The smallest absolute Gasteiger partial charge is 0.251 e. The first-order chi connectivity index (χ1) is 13.0. The first-order valence-electron chi connectivity index (χ1n) is 9.15. The lowest BCUT2D eigenvalue weighted by Gasteiger charge is -2.31. The van der Waals surface area contributed by atoms with Crippen molar-refractivity contribution in [3.8, 4) is 0 Å². The lowest BCUT2D eigenvalue weighted by atomic mass is 10.0. The molecule has 2 amide bonds. The highest BCUT2D eigenvalue weighted by atomic mass is 35.5. The van der Waals surface area contributed by atoms with Gasteiger partial charge in [-0.1, -0.05) is 35.4 Å². The van der Waals surface area contributed by atoms with Crippen molar-refractivity contribution in [1.29, 1.82) is 0 Å². The Labute approximate surface area is 164 Å². The second-order valence-corrected chi connectivity index (χ2v) is 7.39. The van der Waals surface area contributed by atoms with E-state index in [1.807, 2.05) is 37.3 Å². The summed E-state index contributed by atoms with van der Waals surface area (Å²) in [5.41, 5.74) is 2.47. The molecule has 3 rings (SSSR count). The number of likely N-dealkylation sites (tertiary alicyclic amines) is 1. The lowest BCUT2D eigenvalue weighted by molar-refractivity contribution is -0.117. The molecule has 5 nitrogen and oxygen atoms in total. The number of carbonyl (C=O) groups excluding carboxylic acids is 2. The number of rotatable bonds is 5. The number of hydrogen-bond acceptors (Lipinski definition) is 3. The summed E-state index contributed by atoms with van der Waals surface area (Å²) in [5, 5.41) is 6.56. The molecule has 2 aromatic carbocycles. The number of nitrogens with zero attached hydrogens (tertiary/aromatic N) is 1. The average molecular weight is 386 g/mol. The van der Waals surface area contributed by atoms with E-state index in [1.165, 1.54) is 0 Å². The maximum Gasteiger partial charge on any atom is 0.251 e. The molecule has 1 saturated heterocycles. The molecule has 1 heterocycles. The van der Waals surface area contributed by atoms with E-state index in [-0.39, 0.29) is 17.9 Å². The highest BCUT2D eigenvalue weighted by Gasteiger charge is 2.22. The van der Waals surface area contributed by atoms with E-state index < -0.39 is 0 Å². The third-order valence-corrected chi connectivity index (χ3v) is 4.91. The van der Waals surface area contributed by atoms with Crippen molar-refractivity contribution < 1.29 is 9.59 Å². The fourth-order valence-electron chi connectivity index (χ4n) is 3.26. The Morgan fingerprint density at radius 2 is 1.85 bits per heavy atom. The van der Waals surface area contributed by atoms with Crippen molar-refractivity contribution in [2.45, 2.75) is 25.8 Å². The number of amides is 2. The molecule has 2 aromatic rings. The molecule has 0 saturated carbocycles. The standard InChI is InChI=1S/C21H24ClN3O2/c1-15-4-2-5-16(12-15)21(27)24-18-8-10-25(11-9-18)14-20(26)23-19-7-3-6-17(22)13-19/h2-7,12-13,18H,8-11,14H2,1H3,(H,23,26)(H,24,27). The molecule has 1 fully saturated rings. The number of piperidine rings is 1. The van der Waals surface area contributed by atoms with E-state index in [2.05, 4.69) is 15.5 Å². The summed E-state index contributed by atoms with van der Waals surface area (Å²) in [7, 11) is 0. The Kier molecular flexibility index (Phi) is 6.48. The molecule has 0 radical (unpaired) electrons. The SMILES string of the molecule is Cc1cccc(C(=O)NC2CCN(CC(=O)Nc3cccc(Cl)c3)CC2)c1. The van der Waals surface area contributed by atoms with Crippen molar-refractivity contribution in [2.75, 3.05) is 25.0 Å². The van der Waals surface area contributed by atoms with Crippen molar-refractivity contribution >= 4 is 29.1 Å². The second kappa shape index (κ2) is 9.02. The van der Waals surface area contributed by atoms with Crippen molar-refractivity contribution in [3.63, 3.8) is 0 Å². The molecule has 2 N–H and O–H groups in total. The predicted octanol–water partition coefficient (Wildman–Crippen LogP) is 3.48. The number of hydrogen-bond donors (Lipinski definition) is 2. The van der Waals surface area contributed by atoms with Crippen LogP contribution in [0.2, 0.25) is 5.02 Å². The quantitative estimate of drug-likeness (QED) is 0.828. The van der Waals surface area contributed by atoms with Gasteiger partial charge in [0, 0.05) is 35.4 Å². The van der Waals surface area contributed by atoms with Gasteiger partial charge in [0.1, 0.15) is 0 Å². The van der Waals surface area contributed by atoms with Crippen LogP contribution in [0.25, 0.3) is 0 Å². The van der Waals surface area contributed by atoms with Gasteiger partial charge in [-0.3, -0.25) is 14.5 Å². The normalized spacial score (nSPS) is 15.3. The number of aryl methyl sites for hydroxylation is 1. The zero-order chi connectivity index (χ0) is 19.2. The summed E-state index contributed by atoms with van der Waals surface area (Å²) in [6, 6.07) is 14.9. The van der Waals surface area contributed by atoms with Gasteiger partial charge in [0.15, 0.2) is 0 Å². The first kappa shape index (κ1) is 19.4. The van der Waals surface area contributed by atoms with E-state index in [0.717, 1.165) is 31.5 Å². The van der Waals surface area contributed by atoms with Crippen LogP contribution in [0.3, 0.4) is 0 Å². The molecular formula is C21H24ClN3O2. The fraction of sp³-hybridized carbons (Fsp3) is 0.333. The van der Waals surface area contributed by atoms with Crippen molar-refractivity contribution in [2.24, 2.45) is 0 Å². The minimum absolute atomic E-state index is 0.0316. The minimum Gasteiger partial charge on any atom is -0.349 e. The summed E-state index contributed by atoms with van der Waals surface area (Å²) >= 11 is 5.93. The Bertz CT molecular complexity index is 817. The molecule has 1 aliphatic heterocycles. The minimum atomic E-state index is -0.0560. The molecule has 1 aliphatic rings. The highest BCUT2D eigenvalue weighted by Crippen LogP contribution is 2.16. The monoisotopic (exact) mass is 385 g/mol. The van der Waals surface area contributed by atoms with Gasteiger partial charge in [0.05, 0.1) is 6.54 Å². The van der Waals surface area contributed by atoms with Crippen LogP contribution in [-0.2, 0) is 4.79 Å². The predicted molar refractivity (Wildman–Crippen MR) is 108 cm³/mol. The average Bonchev–Trinajstić information content (AvgIpc) is 2.63. The molecule has 0 aromatic heterocycles. The molecule has 142 valence electrons. The zero-order valence-corrected chi connectivity index (χ0v) is 16.1. The van der Waals surface area contributed by atoms with Crippen molar-refractivity contribution in [1.82, 2.24) is 10.2 Å². The van der Waals surface area contributed by atoms with E-state index in [0.29, 0.717) is 22.8 Å². The maximum atomic E-state index is 12.4. The van der Waals surface area contributed by atoms with Crippen LogP contribution in [0.4, 0.5) is 5.69 Å². The third kappa shape index (κ3) is 5.81. The third-order valence-electron chi connectivity index (χ3n) is 4.68. The maximum absolute atomic E-state index is 12.4. The Hall–Kier alpha value is -2.37. The van der Waals surface area contributed by atoms with Crippen LogP contribution >= 0.6 is 11.6 Å². The van der Waals surface area contributed by atoms with Gasteiger partial charge in [-0.2, -0.15) is 0 Å². The molecule has 0 bridgehead atoms. The number of carbonyl (C=O) groups is 2. The second-order valence-electron chi connectivity index (χ2n) is 6.95. The van der Waals surface area contributed by atoms with Crippen LogP contribution < -0.4 is 10.6 Å². The molecule has 0 aliphatic carbocycles. The van der Waals surface area contributed by atoms with E-state index in [9.17, 15) is 9.59 Å². The number of benzene rings is 2. The highest BCUT2D eigenvalue weighted by molar-refractivity contribution is 6.30. The Morgan fingerprint density at radius 1 is 1.11 bits per heavy atom. The summed E-state index contributed by atoms with van der Waals surface area (Å²) in [6.07, 6.45) is 1.67. The largest absolute Gasteiger partial charge is 0.349 e. The van der Waals surface area contributed by atoms with Gasteiger partial charge in [0.2, 0.25) is 5.91 Å². The van der Waals surface area contributed by atoms with Gasteiger partial charge in [-0.05, 0) is 50.1 Å². The zero-order valence-electron chi connectivity index (χ0n) is 15.4. The Morgan fingerprint density at radius 3 is 2.56 bits per heavy atom. The molecular weight excluding hydrogens is 362 g/mol. The number of anilines is 1. The molecule has 27 heavy (non-hydrogen) atoms. The van der Waals surface area contributed by atoms with E-state index >= 15 is 0 Å². The summed E-state index contributed by atoms with van der Waals surface area (Å²) < 4.78 is 0. The Balaban J connectivity index is 1.43. The topological polar surface area (TPSA) is 61.4 Å². The van der Waals surface area contributed by atoms with E-state index in [1.54, 1.807) is 18.2 Å². The summed E-state index contributed by atoms with van der Waals surface area (Å²) in [4.78, 5) is 26.7. The van der Waals surface area contributed by atoms with Crippen LogP contribution in [-0.4, -0.2) is 42.4 Å². The lowest BCUT2D eigenvalue weighted by Crippen LogP contribution is -2.46. The fourth-order valence-corrected chi connectivity index (χ4v) is 3.45. The summed E-state index contributed by atoms with van der Waals surface area (Å²) in [6.45, 7) is 3.87. The number of halogens is 1. The van der Waals surface area contributed by atoms with Crippen LogP contribution in [0, 0.1) is 6.92 Å². The molecule has 0 spiro atoms. The molecule has 6 heteroatoms. The van der Waals surface area contributed by atoms with Gasteiger partial charge in [-0.25, -0.2) is 0 Å². The van der Waals surface area contributed by atoms with Gasteiger partial charge >= 0.3 is 0 Å². The summed E-state index contributed by atoms with van der Waals surface area (Å²) in [5.74, 6) is -0.0876. The van der Waals surface area contributed by atoms with Gasteiger partial charge < -0.3 is 10.6 Å².